The fourth-order valence-electron chi connectivity index (χ4n) is 4.08. The SMILES string of the molecule is CC[C@@H](Sc1nc2cc(OC)c(OC)cc2c(=O)n1Cc1ccc(OC)cc1)C(=O)Nc1ccccc1OC. The molecular weight excluding hydrogens is 518 g/mol. The van der Waals surface area contributed by atoms with Gasteiger partial charge in [0.1, 0.15) is 11.5 Å². The molecule has 0 fully saturated rings. The Bertz CT molecular complexity index is 1520. The van der Waals surface area contributed by atoms with E-state index >= 15 is 0 Å². The number of fused-ring (bicyclic) bond motifs is 1. The van der Waals surface area contributed by atoms with Gasteiger partial charge in [-0.15, -0.1) is 0 Å². The van der Waals surface area contributed by atoms with Gasteiger partial charge in [0.25, 0.3) is 5.56 Å². The van der Waals surface area contributed by atoms with Crippen molar-refractivity contribution >= 4 is 34.3 Å². The average molecular weight is 550 g/mol. The maximum atomic E-state index is 13.8. The molecular formula is C29H31N3O6S. The van der Waals surface area contributed by atoms with Crippen molar-refractivity contribution in [1.82, 2.24) is 9.55 Å². The van der Waals surface area contributed by atoms with Gasteiger partial charge in [-0.1, -0.05) is 43.0 Å². The molecule has 4 rings (SSSR count). The van der Waals surface area contributed by atoms with Crippen molar-refractivity contribution in [3.05, 3.63) is 76.6 Å². The molecule has 1 N–H and O–H groups in total. The minimum absolute atomic E-state index is 0.218. The molecule has 0 aliphatic carbocycles. The molecule has 0 radical (unpaired) electrons. The van der Waals surface area contributed by atoms with E-state index in [1.807, 2.05) is 43.3 Å². The number of anilines is 1. The lowest BCUT2D eigenvalue weighted by atomic mass is 10.2. The van der Waals surface area contributed by atoms with Crippen LogP contribution < -0.4 is 29.8 Å². The fourth-order valence-corrected chi connectivity index (χ4v) is 5.09. The summed E-state index contributed by atoms with van der Waals surface area (Å²) in [5.41, 5.74) is 1.65. The number of nitrogens with zero attached hydrogens (tertiary/aromatic N) is 2. The Hall–Kier alpha value is -4.18. The van der Waals surface area contributed by atoms with E-state index in [-0.39, 0.29) is 18.0 Å². The molecule has 0 aliphatic heterocycles. The predicted octanol–water partition coefficient (Wildman–Crippen LogP) is 4.99. The van der Waals surface area contributed by atoms with Crippen LogP contribution in [0.25, 0.3) is 10.9 Å². The summed E-state index contributed by atoms with van der Waals surface area (Å²) < 4.78 is 23.1. The summed E-state index contributed by atoms with van der Waals surface area (Å²) in [6.45, 7) is 2.17. The standard InChI is InChI=1S/C29H31N3O6S/c1-6-26(27(33)30-21-9-7-8-10-23(21)36-3)39-29-31-22-16-25(38-5)24(37-4)15-20(22)28(34)32(29)17-18-11-13-19(35-2)14-12-18/h7-16,26H,6,17H2,1-5H3,(H,30,33)/t26-/m1/s1. The lowest BCUT2D eigenvalue weighted by Crippen LogP contribution is -2.28. The van der Waals surface area contributed by atoms with Crippen LogP contribution in [-0.2, 0) is 11.3 Å². The van der Waals surface area contributed by atoms with Crippen LogP contribution in [0, 0.1) is 0 Å². The summed E-state index contributed by atoms with van der Waals surface area (Å²) in [5.74, 6) is 1.95. The Balaban J connectivity index is 1.77. The zero-order valence-corrected chi connectivity index (χ0v) is 23.3. The molecule has 3 aromatic carbocycles. The summed E-state index contributed by atoms with van der Waals surface area (Å²) in [4.78, 5) is 32.0. The smallest absolute Gasteiger partial charge is 0.262 e. The number of thioether (sulfide) groups is 1. The molecule has 0 spiro atoms. The first kappa shape index (κ1) is 27.8. The van der Waals surface area contributed by atoms with E-state index in [4.69, 9.17) is 23.9 Å². The molecule has 204 valence electrons. The number of hydrogen-bond acceptors (Lipinski definition) is 8. The van der Waals surface area contributed by atoms with Gasteiger partial charge in [0.05, 0.1) is 56.8 Å². The first-order chi connectivity index (χ1) is 18.9. The second-order valence-electron chi connectivity index (χ2n) is 8.56. The lowest BCUT2D eigenvalue weighted by Gasteiger charge is -2.19. The highest BCUT2D eigenvalue weighted by Crippen LogP contribution is 2.33. The van der Waals surface area contributed by atoms with Crippen LogP contribution in [0.4, 0.5) is 5.69 Å². The number of hydrogen-bond donors (Lipinski definition) is 1. The molecule has 1 atom stereocenters. The molecule has 9 nitrogen and oxygen atoms in total. The van der Waals surface area contributed by atoms with Crippen LogP contribution in [0.2, 0.25) is 0 Å². The zero-order chi connectivity index (χ0) is 27.9. The lowest BCUT2D eigenvalue weighted by molar-refractivity contribution is -0.115. The zero-order valence-electron chi connectivity index (χ0n) is 22.5. The number of amides is 1. The minimum atomic E-state index is -0.526. The number of nitrogens with one attached hydrogen (secondary N) is 1. The number of para-hydroxylation sites is 2. The molecule has 0 unspecified atom stereocenters. The van der Waals surface area contributed by atoms with Crippen LogP contribution in [0.15, 0.2) is 70.6 Å². The fraction of sp³-hybridized carbons (Fsp3) is 0.276. The van der Waals surface area contributed by atoms with E-state index in [9.17, 15) is 9.59 Å². The van der Waals surface area contributed by atoms with Gasteiger partial charge in [-0.25, -0.2) is 4.98 Å². The Morgan fingerprint density at radius 3 is 2.23 bits per heavy atom. The number of rotatable bonds is 11. The molecule has 1 heterocycles. The second-order valence-corrected chi connectivity index (χ2v) is 9.73. The number of methoxy groups -OCH3 is 4. The van der Waals surface area contributed by atoms with Crippen LogP contribution in [-0.4, -0.2) is 49.1 Å². The van der Waals surface area contributed by atoms with E-state index in [1.54, 1.807) is 43.1 Å². The first-order valence-corrected chi connectivity index (χ1v) is 13.2. The highest BCUT2D eigenvalue weighted by Gasteiger charge is 2.24. The monoisotopic (exact) mass is 549 g/mol. The summed E-state index contributed by atoms with van der Waals surface area (Å²) in [5, 5.41) is 3.22. The molecule has 4 aromatic rings. The highest BCUT2D eigenvalue weighted by molar-refractivity contribution is 8.00. The average Bonchev–Trinajstić information content (AvgIpc) is 2.97. The van der Waals surface area contributed by atoms with Gasteiger partial charge in [-0.3, -0.25) is 14.2 Å². The summed E-state index contributed by atoms with van der Waals surface area (Å²) in [6.07, 6.45) is 0.508. The van der Waals surface area contributed by atoms with Gasteiger partial charge in [0.15, 0.2) is 16.7 Å². The van der Waals surface area contributed by atoms with Crippen molar-refractivity contribution in [3.8, 4) is 23.0 Å². The summed E-state index contributed by atoms with van der Waals surface area (Å²) >= 11 is 1.24. The van der Waals surface area contributed by atoms with Crippen LogP contribution in [0.3, 0.4) is 0 Å². The van der Waals surface area contributed by atoms with Gasteiger partial charge in [-0.05, 0) is 42.3 Å². The number of ether oxygens (including phenoxy) is 4. The Morgan fingerprint density at radius 1 is 0.923 bits per heavy atom. The van der Waals surface area contributed by atoms with E-state index in [0.29, 0.717) is 51.2 Å². The molecule has 1 aromatic heterocycles. The van der Waals surface area contributed by atoms with E-state index < -0.39 is 5.25 Å². The van der Waals surface area contributed by atoms with Crippen LogP contribution in [0.1, 0.15) is 18.9 Å². The van der Waals surface area contributed by atoms with Gasteiger partial charge >= 0.3 is 0 Å². The topological polar surface area (TPSA) is 101 Å². The minimum Gasteiger partial charge on any atom is -0.497 e. The quantitative estimate of drug-likeness (QED) is 0.206. The summed E-state index contributed by atoms with van der Waals surface area (Å²) in [6, 6.07) is 18.0. The molecule has 0 saturated carbocycles. The van der Waals surface area contributed by atoms with Gasteiger partial charge < -0.3 is 24.3 Å². The van der Waals surface area contributed by atoms with Crippen molar-refractivity contribution in [2.75, 3.05) is 33.8 Å². The van der Waals surface area contributed by atoms with Crippen LogP contribution in [0.5, 0.6) is 23.0 Å². The van der Waals surface area contributed by atoms with Gasteiger partial charge in [0.2, 0.25) is 5.91 Å². The van der Waals surface area contributed by atoms with Crippen molar-refractivity contribution in [3.63, 3.8) is 0 Å². The highest BCUT2D eigenvalue weighted by atomic mass is 32.2. The number of benzene rings is 3. The number of aromatic nitrogens is 2. The molecule has 39 heavy (non-hydrogen) atoms. The number of carbonyl (C=O) groups excluding carboxylic acids is 1. The van der Waals surface area contributed by atoms with E-state index in [2.05, 4.69) is 5.32 Å². The Kier molecular flexibility index (Phi) is 8.98. The van der Waals surface area contributed by atoms with E-state index in [1.165, 1.54) is 26.0 Å². The van der Waals surface area contributed by atoms with Crippen LogP contribution >= 0.6 is 11.8 Å². The van der Waals surface area contributed by atoms with Crippen molar-refractivity contribution < 1.29 is 23.7 Å². The maximum absolute atomic E-state index is 13.8. The summed E-state index contributed by atoms with van der Waals surface area (Å²) in [7, 11) is 6.20. The third-order valence-corrected chi connectivity index (χ3v) is 7.55. The molecule has 0 saturated heterocycles. The molecule has 0 aliphatic rings. The maximum Gasteiger partial charge on any atom is 0.262 e. The first-order valence-electron chi connectivity index (χ1n) is 12.3. The predicted molar refractivity (Wildman–Crippen MR) is 153 cm³/mol. The van der Waals surface area contributed by atoms with Crippen molar-refractivity contribution in [1.29, 1.82) is 0 Å². The largest absolute Gasteiger partial charge is 0.497 e. The molecule has 10 heteroatoms. The normalized spacial score (nSPS) is 11.6. The van der Waals surface area contributed by atoms with Crippen molar-refractivity contribution in [2.24, 2.45) is 0 Å². The van der Waals surface area contributed by atoms with E-state index in [0.717, 1.165) is 5.56 Å². The molecule has 0 bridgehead atoms. The molecule has 1 amide bonds. The van der Waals surface area contributed by atoms with Crippen molar-refractivity contribution in [2.45, 2.75) is 30.3 Å². The third kappa shape index (κ3) is 6.12. The van der Waals surface area contributed by atoms with Gasteiger partial charge in [-0.2, -0.15) is 0 Å². The van der Waals surface area contributed by atoms with Gasteiger partial charge in [0, 0.05) is 6.07 Å². The second kappa shape index (κ2) is 12.6. The third-order valence-electron chi connectivity index (χ3n) is 6.20. The Morgan fingerprint density at radius 2 is 1.59 bits per heavy atom. The number of carbonyl (C=O) groups is 1. The Labute approximate surface area is 231 Å².